The Balaban J connectivity index is 2.21. The Morgan fingerprint density at radius 2 is 1.79 bits per heavy atom. The molecule has 0 saturated carbocycles. The molecule has 0 unspecified atom stereocenters. The third-order valence-corrected chi connectivity index (χ3v) is 2.12. The lowest BCUT2D eigenvalue weighted by atomic mass is 10.1. The van der Waals surface area contributed by atoms with Crippen molar-refractivity contribution in [2.75, 3.05) is 0 Å². The summed E-state index contributed by atoms with van der Waals surface area (Å²) < 4.78 is 1.83. The van der Waals surface area contributed by atoms with Gasteiger partial charge in [0.15, 0.2) is 0 Å². The first-order chi connectivity index (χ1) is 6.88. The van der Waals surface area contributed by atoms with Crippen LogP contribution in [0.2, 0.25) is 0 Å². The smallest absolute Gasteiger partial charge is 0.206 e. The van der Waals surface area contributed by atoms with Gasteiger partial charge in [-0.15, -0.1) is 0 Å². The van der Waals surface area contributed by atoms with Gasteiger partial charge in [-0.1, -0.05) is 31.2 Å². The summed E-state index contributed by atoms with van der Waals surface area (Å²) in [5, 5.41) is 7.47. The largest absolute Gasteiger partial charge is 0.273 e. The molecule has 3 heteroatoms. The van der Waals surface area contributed by atoms with Crippen molar-refractivity contribution in [3.8, 4) is 0 Å². The van der Waals surface area contributed by atoms with Gasteiger partial charge in [-0.2, -0.15) is 0 Å². The molecular formula is C11H12N3+. The van der Waals surface area contributed by atoms with Gasteiger partial charge in [0, 0.05) is 5.56 Å². The number of benzene rings is 1. The molecular weight excluding hydrogens is 174 g/mol. The maximum absolute atomic E-state index is 3.73. The monoisotopic (exact) mass is 186 g/mol. The number of hydrogen-bond acceptors (Lipinski definition) is 2. The summed E-state index contributed by atoms with van der Waals surface area (Å²) in [5.41, 5.74) is 2.51. The van der Waals surface area contributed by atoms with Gasteiger partial charge in [0.25, 0.3) is 12.7 Å². The average Bonchev–Trinajstić information content (AvgIpc) is 2.72. The fourth-order valence-electron chi connectivity index (χ4n) is 1.29. The van der Waals surface area contributed by atoms with Crippen LogP contribution >= 0.6 is 0 Å². The van der Waals surface area contributed by atoms with E-state index in [4.69, 9.17) is 0 Å². The van der Waals surface area contributed by atoms with E-state index in [1.807, 2.05) is 10.8 Å². The molecule has 3 nitrogen and oxygen atoms in total. The van der Waals surface area contributed by atoms with Crippen LogP contribution in [0, 0.1) is 0 Å². The third-order valence-electron chi connectivity index (χ3n) is 2.12. The molecule has 0 radical (unpaired) electrons. The molecule has 0 N–H and O–H groups in total. The lowest BCUT2D eigenvalue weighted by Gasteiger charge is -1.96. The molecule has 0 amide bonds. The van der Waals surface area contributed by atoms with Crippen molar-refractivity contribution in [3.05, 3.63) is 35.4 Å². The van der Waals surface area contributed by atoms with Crippen LogP contribution in [0.15, 0.2) is 34.5 Å². The first-order valence-electron chi connectivity index (χ1n) is 4.66. The minimum absolute atomic E-state index is 1.08. The van der Waals surface area contributed by atoms with Gasteiger partial charge >= 0.3 is 0 Å². The normalized spacial score (nSPS) is 13.6. The van der Waals surface area contributed by atoms with Crippen molar-refractivity contribution in [3.63, 3.8) is 0 Å². The van der Waals surface area contributed by atoms with E-state index in [0.717, 1.165) is 12.0 Å². The second-order valence-corrected chi connectivity index (χ2v) is 3.13. The summed E-state index contributed by atoms with van der Waals surface area (Å²) in [7, 11) is 0. The molecule has 1 heterocycles. The Bertz CT molecular complexity index is 385. The first-order valence-corrected chi connectivity index (χ1v) is 4.66. The average molecular weight is 186 g/mol. The summed E-state index contributed by atoms with van der Waals surface area (Å²) in [4.78, 5) is 0. The van der Waals surface area contributed by atoms with Crippen LogP contribution in [-0.2, 0) is 6.42 Å². The highest BCUT2D eigenvalue weighted by Crippen LogP contribution is 2.02. The van der Waals surface area contributed by atoms with Crippen molar-refractivity contribution in [1.29, 1.82) is 0 Å². The van der Waals surface area contributed by atoms with Crippen LogP contribution < -0.4 is 0 Å². The Morgan fingerprint density at radius 3 is 2.36 bits per heavy atom. The van der Waals surface area contributed by atoms with E-state index in [2.05, 4.69) is 41.4 Å². The molecule has 1 aliphatic heterocycles. The minimum Gasteiger partial charge on any atom is -0.206 e. The zero-order valence-electron chi connectivity index (χ0n) is 8.09. The number of hydrogen-bond donors (Lipinski definition) is 0. The summed E-state index contributed by atoms with van der Waals surface area (Å²) in [6, 6.07) is 8.46. The Kier molecular flexibility index (Phi) is 2.49. The van der Waals surface area contributed by atoms with Gasteiger partial charge in [0.2, 0.25) is 0 Å². The maximum Gasteiger partial charge on any atom is 0.273 e. The van der Waals surface area contributed by atoms with E-state index >= 15 is 0 Å². The third kappa shape index (κ3) is 1.93. The zero-order chi connectivity index (χ0) is 9.80. The van der Waals surface area contributed by atoms with Crippen molar-refractivity contribution in [2.45, 2.75) is 13.3 Å². The topological polar surface area (TPSA) is 27.7 Å². The van der Waals surface area contributed by atoms with Gasteiger partial charge in [-0.25, -0.2) is 4.58 Å². The predicted molar refractivity (Wildman–Crippen MR) is 58.2 cm³/mol. The second-order valence-electron chi connectivity index (χ2n) is 3.13. The van der Waals surface area contributed by atoms with Crippen molar-refractivity contribution in [2.24, 2.45) is 10.2 Å². The molecule has 1 aromatic rings. The lowest BCUT2D eigenvalue weighted by Crippen LogP contribution is -2.05. The van der Waals surface area contributed by atoms with Gasteiger partial charge < -0.3 is 0 Å². The van der Waals surface area contributed by atoms with Crippen LogP contribution in [0.1, 0.15) is 18.1 Å². The van der Waals surface area contributed by atoms with E-state index < -0.39 is 0 Å². The van der Waals surface area contributed by atoms with Crippen LogP contribution in [-0.4, -0.2) is 23.5 Å². The molecule has 0 atom stereocenters. The zero-order valence-corrected chi connectivity index (χ0v) is 8.09. The fourth-order valence-corrected chi connectivity index (χ4v) is 1.29. The second kappa shape index (κ2) is 3.96. The van der Waals surface area contributed by atoms with Crippen LogP contribution in [0.3, 0.4) is 0 Å². The fraction of sp³-hybridized carbons (Fsp3) is 0.182. The van der Waals surface area contributed by atoms with Gasteiger partial charge in [-0.05, 0) is 12.0 Å². The van der Waals surface area contributed by atoms with Crippen LogP contribution in [0.5, 0.6) is 0 Å². The number of nitrogens with zero attached hydrogens (tertiary/aromatic N) is 3. The van der Waals surface area contributed by atoms with Crippen molar-refractivity contribution >= 4 is 18.9 Å². The van der Waals surface area contributed by atoms with E-state index in [9.17, 15) is 0 Å². The quantitative estimate of drug-likeness (QED) is 0.628. The molecule has 2 rings (SSSR count). The van der Waals surface area contributed by atoms with E-state index in [0.29, 0.717) is 0 Å². The number of aryl methyl sites for hydroxylation is 1. The summed E-state index contributed by atoms with van der Waals surface area (Å²) >= 11 is 0. The molecule has 0 bridgehead atoms. The maximum atomic E-state index is 3.73. The van der Waals surface area contributed by atoms with E-state index in [-0.39, 0.29) is 0 Å². The van der Waals surface area contributed by atoms with E-state index in [1.165, 1.54) is 5.56 Å². The van der Waals surface area contributed by atoms with E-state index in [1.54, 1.807) is 12.7 Å². The highest BCUT2D eigenvalue weighted by Gasteiger charge is 2.01. The molecule has 0 fully saturated rings. The molecule has 70 valence electrons. The Labute approximate surface area is 83.1 Å². The number of rotatable bonds is 2. The molecule has 1 aliphatic rings. The summed E-state index contributed by atoms with van der Waals surface area (Å²) in [5.74, 6) is 0. The Morgan fingerprint density at radius 1 is 1.14 bits per heavy atom. The van der Waals surface area contributed by atoms with Gasteiger partial charge in [0.1, 0.15) is 0 Å². The van der Waals surface area contributed by atoms with Crippen LogP contribution in [0.25, 0.3) is 0 Å². The molecule has 0 aromatic heterocycles. The Hall–Kier alpha value is -1.77. The molecule has 0 spiro atoms. The standard InChI is InChI=1S/C11H12N3/c1-2-10-3-5-11(6-4-10)7-14-8-12-13-9-14/h3-9H,2H2,1H3/q+1. The van der Waals surface area contributed by atoms with Crippen molar-refractivity contribution in [1.82, 2.24) is 0 Å². The molecule has 0 aliphatic carbocycles. The summed E-state index contributed by atoms with van der Waals surface area (Å²) in [6.45, 7) is 2.15. The highest BCUT2D eigenvalue weighted by molar-refractivity contribution is 5.83. The SMILES string of the molecule is CCc1ccc(C=[N+]2C=NN=C2)cc1. The molecule has 1 aromatic carbocycles. The first kappa shape index (κ1) is 8.81. The van der Waals surface area contributed by atoms with Gasteiger partial charge in [-0.3, -0.25) is 0 Å². The summed E-state index contributed by atoms with van der Waals surface area (Å²) in [6.07, 6.45) is 6.41. The molecule has 14 heavy (non-hydrogen) atoms. The molecule has 0 saturated heterocycles. The van der Waals surface area contributed by atoms with Gasteiger partial charge in [0.05, 0.1) is 16.4 Å². The lowest BCUT2D eigenvalue weighted by molar-refractivity contribution is -0.232. The highest BCUT2D eigenvalue weighted by atomic mass is 15.3. The predicted octanol–water partition coefficient (Wildman–Crippen LogP) is 1.67. The van der Waals surface area contributed by atoms with Crippen molar-refractivity contribution < 1.29 is 4.58 Å². The minimum atomic E-state index is 1.08. The van der Waals surface area contributed by atoms with Crippen LogP contribution in [0.4, 0.5) is 0 Å².